The van der Waals surface area contributed by atoms with Crippen molar-refractivity contribution in [2.45, 2.75) is 29.4 Å². The van der Waals surface area contributed by atoms with Gasteiger partial charge in [0, 0.05) is 4.90 Å². The number of hydrogen-bond donors (Lipinski definition) is 1. The Balaban J connectivity index is 1.62. The standard InChI is InChI=1S/C24H20FNO3S2/c1-15-4-3-5-16(2)20(15)14-31(28,29)19-10-11-22-21(13-19)26-24(27)23(30-22)12-17-6-8-18(25)9-7-17/h3-13H,14H2,1-2H3,(H,26,27)/b23-12+. The summed E-state index contributed by atoms with van der Waals surface area (Å²) in [4.78, 5) is 13.9. The van der Waals surface area contributed by atoms with Crippen molar-refractivity contribution in [3.63, 3.8) is 0 Å². The zero-order chi connectivity index (χ0) is 22.2. The summed E-state index contributed by atoms with van der Waals surface area (Å²) in [7, 11) is -3.59. The van der Waals surface area contributed by atoms with E-state index in [1.165, 1.54) is 30.0 Å². The maximum atomic E-state index is 13.1. The first-order valence-electron chi connectivity index (χ1n) is 9.61. The van der Waals surface area contributed by atoms with Crippen LogP contribution in [0.2, 0.25) is 0 Å². The van der Waals surface area contributed by atoms with Gasteiger partial charge in [-0.15, -0.1) is 0 Å². The summed E-state index contributed by atoms with van der Waals surface area (Å²) in [5.74, 6) is -0.768. The molecule has 0 saturated heterocycles. The third-order valence-electron chi connectivity index (χ3n) is 5.15. The number of hydrogen-bond acceptors (Lipinski definition) is 4. The van der Waals surface area contributed by atoms with Crippen molar-refractivity contribution in [2.24, 2.45) is 0 Å². The monoisotopic (exact) mass is 453 g/mol. The molecule has 4 nitrogen and oxygen atoms in total. The minimum Gasteiger partial charge on any atom is -0.320 e. The smallest absolute Gasteiger partial charge is 0.262 e. The number of rotatable bonds is 4. The van der Waals surface area contributed by atoms with Gasteiger partial charge in [0.05, 0.1) is 21.2 Å². The van der Waals surface area contributed by atoms with Crippen LogP contribution in [0.25, 0.3) is 6.08 Å². The quantitative estimate of drug-likeness (QED) is 0.530. The number of aryl methyl sites for hydroxylation is 2. The molecule has 0 spiro atoms. The van der Waals surface area contributed by atoms with Gasteiger partial charge in [0.15, 0.2) is 9.84 Å². The number of benzene rings is 3. The van der Waals surface area contributed by atoms with Crippen LogP contribution in [0.5, 0.6) is 0 Å². The number of thioether (sulfide) groups is 1. The summed E-state index contributed by atoms with van der Waals surface area (Å²) in [5.41, 5.74) is 3.83. The molecule has 1 amide bonds. The van der Waals surface area contributed by atoms with Crippen molar-refractivity contribution in [2.75, 3.05) is 5.32 Å². The average molecular weight is 454 g/mol. The topological polar surface area (TPSA) is 63.2 Å². The van der Waals surface area contributed by atoms with Crippen LogP contribution in [-0.4, -0.2) is 14.3 Å². The van der Waals surface area contributed by atoms with E-state index in [9.17, 15) is 17.6 Å². The molecule has 0 saturated carbocycles. The molecular formula is C24H20FNO3S2. The fourth-order valence-electron chi connectivity index (χ4n) is 3.39. The van der Waals surface area contributed by atoms with Gasteiger partial charge in [0.2, 0.25) is 0 Å². The highest BCUT2D eigenvalue weighted by atomic mass is 32.2. The van der Waals surface area contributed by atoms with Crippen LogP contribution in [0.15, 0.2) is 75.4 Å². The van der Waals surface area contributed by atoms with E-state index in [2.05, 4.69) is 5.32 Å². The SMILES string of the molecule is Cc1cccc(C)c1CS(=O)(=O)c1ccc2c(c1)NC(=O)/C(=C\c1ccc(F)cc1)S2. The van der Waals surface area contributed by atoms with Gasteiger partial charge in [-0.3, -0.25) is 4.79 Å². The maximum Gasteiger partial charge on any atom is 0.262 e. The molecule has 7 heteroatoms. The first kappa shape index (κ1) is 21.3. The molecule has 1 N–H and O–H groups in total. The van der Waals surface area contributed by atoms with Gasteiger partial charge in [0.1, 0.15) is 5.82 Å². The van der Waals surface area contributed by atoms with E-state index < -0.39 is 9.84 Å². The molecule has 158 valence electrons. The molecule has 0 aliphatic carbocycles. The van der Waals surface area contributed by atoms with Crippen LogP contribution in [0, 0.1) is 19.7 Å². The Hall–Kier alpha value is -2.90. The van der Waals surface area contributed by atoms with Gasteiger partial charge in [-0.1, -0.05) is 42.1 Å². The Morgan fingerprint density at radius 2 is 1.68 bits per heavy atom. The number of halogens is 1. The summed E-state index contributed by atoms with van der Waals surface area (Å²) >= 11 is 1.25. The minimum atomic E-state index is -3.59. The van der Waals surface area contributed by atoms with Crippen molar-refractivity contribution in [1.29, 1.82) is 0 Å². The molecule has 1 aliphatic rings. The number of carbonyl (C=O) groups excluding carboxylic acids is 1. The lowest BCUT2D eigenvalue weighted by Gasteiger charge is -2.20. The van der Waals surface area contributed by atoms with Crippen molar-refractivity contribution in [3.05, 3.63) is 93.6 Å². The predicted molar refractivity (Wildman–Crippen MR) is 122 cm³/mol. The number of nitrogens with one attached hydrogen (secondary N) is 1. The highest BCUT2D eigenvalue weighted by molar-refractivity contribution is 8.04. The fourth-order valence-corrected chi connectivity index (χ4v) is 5.90. The average Bonchev–Trinajstić information content (AvgIpc) is 2.72. The first-order valence-corrected chi connectivity index (χ1v) is 12.1. The summed E-state index contributed by atoms with van der Waals surface area (Å²) in [6, 6.07) is 16.3. The van der Waals surface area contributed by atoms with E-state index in [0.717, 1.165) is 21.6 Å². The summed E-state index contributed by atoms with van der Waals surface area (Å²) in [6.07, 6.45) is 1.67. The molecule has 0 aromatic heterocycles. The second-order valence-corrected chi connectivity index (χ2v) is 10.5. The van der Waals surface area contributed by atoms with E-state index in [4.69, 9.17) is 0 Å². The predicted octanol–water partition coefficient (Wildman–Crippen LogP) is 5.50. The van der Waals surface area contributed by atoms with Gasteiger partial charge < -0.3 is 5.32 Å². The van der Waals surface area contributed by atoms with E-state index in [0.29, 0.717) is 16.2 Å². The lowest BCUT2D eigenvalue weighted by atomic mass is 10.1. The van der Waals surface area contributed by atoms with E-state index in [1.807, 2.05) is 32.0 Å². The van der Waals surface area contributed by atoms with Crippen molar-refractivity contribution in [1.82, 2.24) is 0 Å². The molecule has 4 rings (SSSR count). The summed E-state index contributed by atoms with van der Waals surface area (Å²) in [5, 5.41) is 2.77. The third kappa shape index (κ3) is 4.57. The molecule has 0 bridgehead atoms. The second-order valence-electron chi connectivity index (χ2n) is 7.40. The van der Waals surface area contributed by atoms with Crippen LogP contribution < -0.4 is 5.32 Å². The number of amides is 1. The van der Waals surface area contributed by atoms with Crippen LogP contribution in [-0.2, 0) is 20.4 Å². The second kappa shape index (κ2) is 8.32. The Morgan fingerprint density at radius 1 is 1.00 bits per heavy atom. The number of carbonyl (C=O) groups is 1. The highest BCUT2D eigenvalue weighted by Gasteiger charge is 2.24. The number of fused-ring (bicyclic) bond motifs is 1. The van der Waals surface area contributed by atoms with Crippen molar-refractivity contribution >= 4 is 39.3 Å². The van der Waals surface area contributed by atoms with Gasteiger partial charge in [0.25, 0.3) is 5.91 Å². The molecule has 0 radical (unpaired) electrons. The summed E-state index contributed by atoms with van der Waals surface area (Å²) < 4.78 is 39.2. The maximum absolute atomic E-state index is 13.1. The highest BCUT2D eigenvalue weighted by Crippen LogP contribution is 2.40. The van der Waals surface area contributed by atoms with E-state index in [-0.39, 0.29) is 22.4 Å². The number of sulfone groups is 1. The fraction of sp³-hybridized carbons (Fsp3) is 0.125. The van der Waals surface area contributed by atoms with Gasteiger partial charge >= 0.3 is 0 Å². The molecule has 1 aliphatic heterocycles. The van der Waals surface area contributed by atoms with Crippen LogP contribution in [0.1, 0.15) is 22.3 Å². The molecular weight excluding hydrogens is 433 g/mol. The largest absolute Gasteiger partial charge is 0.320 e. The summed E-state index contributed by atoms with van der Waals surface area (Å²) in [6.45, 7) is 3.80. The molecule has 0 atom stereocenters. The van der Waals surface area contributed by atoms with Crippen molar-refractivity contribution in [3.8, 4) is 0 Å². The van der Waals surface area contributed by atoms with Crippen LogP contribution in [0.3, 0.4) is 0 Å². The Morgan fingerprint density at radius 3 is 2.35 bits per heavy atom. The minimum absolute atomic E-state index is 0.0961. The van der Waals surface area contributed by atoms with Crippen LogP contribution in [0.4, 0.5) is 10.1 Å². The third-order valence-corrected chi connectivity index (χ3v) is 7.89. The Labute approximate surface area is 185 Å². The number of anilines is 1. The Kier molecular flexibility index (Phi) is 5.73. The zero-order valence-electron chi connectivity index (χ0n) is 17.0. The molecule has 0 unspecified atom stereocenters. The van der Waals surface area contributed by atoms with Gasteiger partial charge in [-0.05, 0) is 72.5 Å². The van der Waals surface area contributed by atoms with Crippen LogP contribution >= 0.6 is 11.8 Å². The molecule has 0 fully saturated rings. The normalized spacial score (nSPS) is 14.9. The van der Waals surface area contributed by atoms with E-state index >= 15 is 0 Å². The van der Waals surface area contributed by atoms with Gasteiger partial charge in [-0.2, -0.15) is 0 Å². The first-order chi connectivity index (χ1) is 14.7. The lowest BCUT2D eigenvalue weighted by Crippen LogP contribution is -2.18. The zero-order valence-corrected chi connectivity index (χ0v) is 18.6. The van der Waals surface area contributed by atoms with Crippen molar-refractivity contribution < 1.29 is 17.6 Å². The molecule has 31 heavy (non-hydrogen) atoms. The molecule has 1 heterocycles. The molecule has 3 aromatic carbocycles. The van der Waals surface area contributed by atoms with E-state index in [1.54, 1.807) is 30.3 Å². The lowest BCUT2D eigenvalue weighted by molar-refractivity contribution is -0.112. The molecule has 3 aromatic rings. The van der Waals surface area contributed by atoms with Gasteiger partial charge in [-0.25, -0.2) is 12.8 Å². The Bertz CT molecular complexity index is 1290.